The number of benzene rings is 1. The number of ether oxygens (including phenoxy) is 5. The lowest BCUT2D eigenvalue weighted by atomic mass is 10.0. The van der Waals surface area contributed by atoms with Crippen molar-refractivity contribution in [3.05, 3.63) is 23.3 Å². The second-order valence-electron chi connectivity index (χ2n) is 5.78. The fourth-order valence-electron chi connectivity index (χ4n) is 2.65. The van der Waals surface area contributed by atoms with E-state index in [2.05, 4.69) is 13.8 Å². The van der Waals surface area contributed by atoms with E-state index in [1.165, 1.54) is 5.56 Å². The maximum atomic E-state index is 5.95. The molecule has 24 heavy (non-hydrogen) atoms. The van der Waals surface area contributed by atoms with Gasteiger partial charge in [0.05, 0.1) is 13.2 Å². The summed E-state index contributed by atoms with van der Waals surface area (Å²) in [4.78, 5) is 0. The zero-order valence-electron chi connectivity index (χ0n) is 15.1. The van der Waals surface area contributed by atoms with E-state index in [1.807, 2.05) is 19.1 Å². The van der Waals surface area contributed by atoms with Crippen molar-refractivity contribution >= 4 is 0 Å². The van der Waals surface area contributed by atoms with Gasteiger partial charge in [0.1, 0.15) is 0 Å². The van der Waals surface area contributed by atoms with Crippen molar-refractivity contribution in [2.45, 2.75) is 52.7 Å². The van der Waals surface area contributed by atoms with Gasteiger partial charge in [0.2, 0.25) is 6.79 Å². The predicted molar refractivity (Wildman–Crippen MR) is 92.6 cm³/mol. The van der Waals surface area contributed by atoms with Crippen LogP contribution in [0, 0.1) is 0 Å². The second kappa shape index (κ2) is 10.5. The minimum atomic E-state index is -0.402. The standard InChI is InChI=1S/C19H30O5/c1-4-7-9-20-10-11-22-19(21-6-3)16-13-18-17(23-14-24-18)12-15(16)8-5-2/h12-13,19H,4-11,14H2,1-3H3. The van der Waals surface area contributed by atoms with E-state index in [0.717, 1.165) is 49.4 Å². The van der Waals surface area contributed by atoms with E-state index >= 15 is 0 Å². The van der Waals surface area contributed by atoms with Crippen molar-refractivity contribution in [1.82, 2.24) is 0 Å². The lowest BCUT2D eigenvalue weighted by Gasteiger charge is -2.21. The molecule has 0 fully saturated rings. The SMILES string of the molecule is CCCCOCCOC(OCC)c1cc2c(cc1CCC)OCO2. The van der Waals surface area contributed by atoms with Gasteiger partial charge in [0.25, 0.3) is 0 Å². The molecule has 1 aliphatic rings. The van der Waals surface area contributed by atoms with E-state index in [-0.39, 0.29) is 6.79 Å². The van der Waals surface area contributed by atoms with Gasteiger partial charge in [-0.2, -0.15) is 0 Å². The van der Waals surface area contributed by atoms with Crippen LogP contribution in [0.1, 0.15) is 57.5 Å². The molecule has 1 aromatic carbocycles. The van der Waals surface area contributed by atoms with E-state index in [0.29, 0.717) is 19.8 Å². The number of hydrogen-bond donors (Lipinski definition) is 0. The summed E-state index contributed by atoms with van der Waals surface area (Å²) in [6, 6.07) is 4.04. The first kappa shape index (κ1) is 19.0. The van der Waals surface area contributed by atoms with Crippen molar-refractivity contribution < 1.29 is 23.7 Å². The first-order valence-corrected chi connectivity index (χ1v) is 9.03. The molecule has 0 aliphatic carbocycles. The molecule has 2 rings (SSSR count). The largest absolute Gasteiger partial charge is 0.454 e. The van der Waals surface area contributed by atoms with Gasteiger partial charge in [-0.15, -0.1) is 0 Å². The number of aryl methyl sites for hydroxylation is 1. The fourth-order valence-corrected chi connectivity index (χ4v) is 2.65. The number of rotatable bonds is 12. The van der Waals surface area contributed by atoms with Crippen molar-refractivity contribution in [2.24, 2.45) is 0 Å². The van der Waals surface area contributed by atoms with Gasteiger partial charge in [-0.25, -0.2) is 0 Å². The Bertz CT molecular complexity index is 489. The lowest BCUT2D eigenvalue weighted by Crippen LogP contribution is -2.15. The molecule has 0 bridgehead atoms. The summed E-state index contributed by atoms with van der Waals surface area (Å²) in [5.41, 5.74) is 2.21. The third kappa shape index (κ3) is 5.36. The molecule has 1 aliphatic heterocycles. The van der Waals surface area contributed by atoms with Crippen LogP contribution < -0.4 is 9.47 Å². The third-order valence-electron chi connectivity index (χ3n) is 3.86. The highest BCUT2D eigenvalue weighted by Gasteiger charge is 2.22. The highest BCUT2D eigenvalue weighted by Crippen LogP contribution is 2.38. The smallest absolute Gasteiger partial charge is 0.231 e. The molecular weight excluding hydrogens is 308 g/mol. The maximum Gasteiger partial charge on any atom is 0.231 e. The fraction of sp³-hybridized carbons (Fsp3) is 0.684. The molecule has 1 unspecified atom stereocenters. The topological polar surface area (TPSA) is 46.2 Å². The van der Waals surface area contributed by atoms with E-state index in [1.54, 1.807) is 0 Å². The third-order valence-corrected chi connectivity index (χ3v) is 3.86. The first-order valence-electron chi connectivity index (χ1n) is 9.03. The van der Waals surface area contributed by atoms with E-state index in [9.17, 15) is 0 Å². The summed E-state index contributed by atoms with van der Waals surface area (Å²) in [5.74, 6) is 1.57. The minimum absolute atomic E-state index is 0.274. The van der Waals surface area contributed by atoms with Gasteiger partial charge in [-0.05, 0) is 37.5 Å². The average Bonchev–Trinajstić information content (AvgIpc) is 3.04. The van der Waals surface area contributed by atoms with Crippen LogP contribution in [0.2, 0.25) is 0 Å². The Morgan fingerprint density at radius 2 is 1.75 bits per heavy atom. The molecule has 0 N–H and O–H groups in total. The minimum Gasteiger partial charge on any atom is -0.454 e. The number of hydrogen-bond acceptors (Lipinski definition) is 5. The first-order chi connectivity index (χ1) is 11.8. The molecule has 0 amide bonds. The second-order valence-corrected chi connectivity index (χ2v) is 5.78. The Kier molecular flexibility index (Phi) is 8.36. The van der Waals surface area contributed by atoms with Crippen LogP contribution in [0.3, 0.4) is 0 Å². The zero-order valence-corrected chi connectivity index (χ0v) is 15.1. The van der Waals surface area contributed by atoms with Crippen molar-refractivity contribution in [1.29, 1.82) is 0 Å². The van der Waals surface area contributed by atoms with Crippen LogP contribution in [0.5, 0.6) is 11.5 Å². The van der Waals surface area contributed by atoms with Gasteiger partial charge < -0.3 is 23.7 Å². The lowest BCUT2D eigenvalue weighted by molar-refractivity contribution is -0.152. The van der Waals surface area contributed by atoms with Crippen molar-refractivity contribution in [3.8, 4) is 11.5 Å². The van der Waals surface area contributed by atoms with Crippen LogP contribution in [-0.4, -0.2) is 33.2 Å². The molecule has 0 spiro atoms. The van der Waals surface area contributed by atoms with Crippen LogP contribution >= 0.6 is 0 Å². The Balaban J connectivity index is 2.02. The summed E-state index contributed by atoms with van der Waals surface area (Å²) in [6.07, 6.45) is 3.82. The molecule has 5 heteroatoms. The number of unbranched alkanes of at least 4 members (excludes halogenated alkanes) is 1. The summed E-state index contributed by atoms with van der Waals surface area (Å²) in [6.45, 7) is 9.01. The molecular formula is C19H30O5. The summed E-state index contributed by atoms with van der Waals surface area (Å²) >= 11 is 0. The van der Waals surface area contributed by atoms with Crippen molar-refractivity contribution in [3.63, 3.8) is 0 Å². The normalized spacial score (nSPS) is 14.1. The van der Waals surface area contributed by atoms with E-state index in [4.69, 9.17) is 23.7 Å². The molecule has 1 aromatic rings. The molecule has 0 saturated carbocycles. The highest BCUT2D eigenvalue weighted by atomic mass is 16.7. The van der Waals surface area contributed by atoms with E-state index < -0.39 is 6.29 Å². The summed E-state index contributed by atoms with van der Waals surface area (Å²) < 4.78 is 28.4. The molecule has 1 atom stereocenters. The van der Waals surface area contributed by atoms with Crippen molar-refractivity contribution in [2.75, 3.05) is 33.2 Å². The van der Waals surface area contributed by atoms with Gasteiger partial charge >= 0.3 is 0 Å². The number of fused-ring (bicyclic) bond motifs is 1. The van der Waals surface area contributed by atoms with Crippen LogP contribution in [0.15, 0.2) is 12.1 Å². The van der Waals surface area contributed by atoms with Gasteiger partial charge in [0, 0.05) is 18.8 Å². The maximum absolute atomic E-state index is 5.95. The van der Waals surface area contributed by atoms with Gasteiger partial charge in [0.15, 0.2) is 17.8 Å². The van der Waals surface area contributed by atoms with Gasteiger partial charge in [-0.1, -0.05) is 26.7 Å². The quantitative estimate of drug-likeness (QED) is 0.421. The van der Waals surface area contributed by atoms with Crippen LogP contribution in [-0.2, 0) is 20.6 Å². The Morgan fingerprint density at radius 3 is 2.46 bits per heavy atom. The van der Waals surface area contributed by atoms with Gasteiger partial charge in [-0.3, -0.25) is 0 Å². The van der Waals surface area contributed by atoms with Crippen LogP contribution in [0.25, 0.3) is 0 Å². The summed E-state index contributed by atoms with van der Waals surface area (Å²) in [7, 11) is 0. The molecule has 1 heterocycles. The predicted octanol–water partition coefficient (Wildman–Crippen LogP) is 4.24. The molecule has 0 aromatic heterocycles. The Labute approximate surface area is 145 Å². The summed E-state index contributed by atoms with van der Waals surface area (Å²) in [5, 5.41) is 0. The zero-order chi connectivity index (χ0) is 17.2. The Hall–Kier alpha value is -1.30. The molecule has 0 radical (unpaired) electrons. The highest BCUT2D eigenvalue weighted by molar-refractivity contribution is 5.49. The monoisotopic (exact) mass is 338 g/mol. The molecule has 0 saturated heterocycles. The molecule has 5 nitrogen and oxygen atoms in total. The Morgan fingerprint density at radius 1 is 0.958 bits per heavy atom. The average molecular weight is 338 g/mol. The van der Waals surface area contributed by atoms with Crippen LogP contribution in [0.4, 0.5) is 0 Å². The molecule has 136 valence electrons.